The van der Waals surface area contributed by atoms with Crippen molar-refractivity contribution in [2.45, 2.75) is 84.7 Å². The van der Waals surface area contributed by atoms with E-state index in [9.17, 15) is 0 Å². The van der Waals surface area contributed by atoms with E-state index in [2.05, 4.69) is 37.4 Å². The van der Waals surface area contributed by atoms with Gasteiger partial charge in [0.2, 0.25) is 0 Å². The van der Waals surface area contributed by atoms with E-state index < -0.39 is 0 Å². The molecule has 0 atom stereocenters. The highest BCUT2D eigenvalue weighted by Crippen LogP contribution is 2.16. The molecule has 3 nitrogen and oxygen atoms in total. The molecule has 0 saturated carbocycles. The van der Waals surface area contributed by atoms with E-state index in [1.54, 1.807) is 0 Å². The van der Waals surface area contributed by atoms with Crippen molar-refractivity contribution in [3.05, 3.63) is 12.4 Å². The lowest BCUT2D eigenvalue weighted by Crippen LogP contribution is -2.19. The molecule has 0 radical (unpaired) electrons. The minimum Gasteiger partial charge on any atom is -0.380 e. The number of unbranched alkanes of at least 4 members (excludes halogenated alkanes) is 4. The van der Waals surface area contributed by atoms with E-state index in [-0.39, 0.29) is 0 Å². The molecule has 1 aromatic heterocycles. The summed E-state index contributed by atoms with van der Waals surface area (Å²) in [5, 5.41) is 8.00. The Morgan fingerprint density at radius 2 is 1.68 bits per heavy atom. The largest absolute Gasteiger partial charge is 0.380 e. The fourth-order valence-corrected chi connectivity index (χ4v) is 2.42. The van der Waals surface area contributed by atoms with Crippen LogP contribution < -0.4 is 5.32 Å². The van der Waals surface area contributed by atoms with Crippen molar-refractivity contribution in [3.8, 4) is 0 Å². The highest BCUT2D eigenvalue weighted by atomic mass is 15.3. The van der Waals surface area contributed by atoms with Crippen molar-refractivity contribution in [1.29, 1.82) is 0 Å². The van der Waals surface area contributed by atoms with Crippen LogP contribution in [-0.2, 0) is 6.54 Å². The van der Waals surface area contributed by atoms with Crippen molar-refractivity contribution in [1.82, 2.24) is 9.78 Å². The zero-order valence-corrected chi connectivity index (χ0v) is 13.0. The first-order chi connectivity index (χ1) is 9.30. The Kier molecular flexibility index (Phi) is 8.35. The Morgan fingerprint density at radius 3 is 2.16 bits per heavy atom. The second-order valence-electron chi connectivity index (χ2n) is 5.42. The smallest absolute Gasteiger partial charge is 0.0728 e. The van der Waals surface area contributed by atoms with Gasteiger partial charge < -0.3 is 5.32 Å². The van der Waals surface area contributed by atoms with Gasteiger partial charge in [-0.25, -0.2) is 0 Å². The molecule has 1 rings (SSSR count). The summed E-state index contributed by atoms with van der Waals surface area (Å²) >= 11 is 0. The SMILES string of the molecule is CCCCCC(CCCCC)Nc1cnn(CC)c1. The number of aromatic nitrogens is 2. The van der Waals surface area contributed by atoms with Crippen LogP contribution in [-0.4, -0.2) is 15.8 Å². The monoisotopic (exact) mass is 265 g/mol. The van der Waals surface area contributed by atoms with Gasteiger partial charge in [0.1, 0.15) is 0 Å². The third-order valence-electron chi connectivity index (χ3n) is 3.64. The van der Waals surface area contributed by atoms with Gasteiger partial charge in [0.05, 0.1) is 11.9 Å². The predicted octanol–water partition coefficient (Wildman–Crippen LogP) is 4.84. The lowest BCUT2D eigenvalue weighted by Gasteiger charge is -2.18. The van der Waals surface area contributed by atoms with E-state index in [1.807, 2.05) is 10.9 Å². The van der Waals surface area contributed by atoms with Gasteiger partial charge in [-0.15, -0.1) is 0 Å². The van der Waals surface area contributed by atoms with Gasteiger partial charge in [-0.05, 0) is 19.8 Å². The van der Waals surface area contributed by atoms with Crippen LogP contribution in [0.15, 0.2) is 12.4 Å². The Hall–Kier alpha value is -0.990. The molecule has 110 valence electrons. The average Bonchev–Trinajstić information content (AvgIpc) is 2.87. The van der Waals surface area contributed by atoms with Crippen LogP contribution in [0.1, 0.15) is 72.1 Å². The molecule has 0 aliphatic rings. The quantitative estimate of drug-likeness (QED) is 0.580. The second kappa shape index (κ2) is 9.88. The minimum absolute atomic E-state index is 0.618. The summed E-state index contributed by atoms with van der Waals surface area (Å²) in [4.78, 5) is 0. The van der Waals surface area contributed by atoms with Gasteiger partial charge in [0.15, 0.2) is 0 Å². The number of aryl methyl sites for hydroxylation is 1. The number of nitrogens with one attached hydrogen (secondary N) is 1. The van der Waals surface area contributed by atoms with Crippen LogP contribution in [0, 0.1) is 0 Å². The normalized spacial score (nSPS) is 11.2. The predicted molar refractivity (Wildman–Crippen MR) is 83.6 cm³/mol. The molecule has 19 heavy (non-hydrogen) atoms. The van der Waals surface area contributed by atoms with Crippen molar-refractivity contribution in [2.75, 3.05) is 5.32 Å². The van der Waals surface area contributed by atoms with Crippen molar-refractivity contribution in [2.24, 2.45) is 0 Å². The molecule has 0 bridgehead atoms. The number of nitrogens with zero attached hydrogens (tertiary/aromatic N) is 2. The second-order valence-corrected chi connectivity index (χ2v) is 5.42. The van der Waals surface area contributed by atoms with Crippen LogP contribution >= 0.6 is 0 Å². The summed E-state index contributed by atoms with van der Waals surface area (Å²) in [6.45, 7) is 7.60. The first-order valence-electron chi connectivity index (χ1n) is 8.09. The fraction of sp³-hybridized carbons (Fsp3) is 0.812. The number of hydrogen-bond acceptors (Lipinski definition) is 2. The Labute approximate surface area is 118 Å². The maximum absolute atomic E-state index is 4.33. The fourth-order valence-electron chi connectivity index (χ4n) is 2.42. The van der Waals surface area contributed by atoms with Crippen LogP contribution in [0.4, 0.5) is 5.69 Å². The van der Waals surface area contributed by atoms with Crippen LogP contribution in [0.2, 0.25) is 0 Å². The molecule has 0 aliphatic carbocycles. The standard InChI is InChI=1S/C16H31N3/c1-4-7-9-11-15(12-10-8-5-2)18-16-13-17-19(6-3)14-16/h13-15,18H,4-12H2,1-3H3. The molecule has 0 aliphatic heterocycles. The summed E-state index contributed by atoms with van der Waals surface area (Å²) in [6, 6.07) is 0.618. The highest BCUT2D eigenvalue weighted by molar-refractivity contribution is 5.39. The summed E-state index contributed by atoms with van der Waals surface area (Å²) in [6.07, 6.45) is 14.6. The highest BCUT2D eigenvalue weighted by Gasteiger charge is 2.09. The molecule has 3 heteroatoms. The first kappa shape index (κ1) is 16.1. The lowest BCUT2D eigenvalue weighted by molar-refractivity contribution is 0.526. The Bertz CT molecular complexity index is 310. The third-order valence-corrected chi connectivity index (χ3v) is 3.64. The number of anilines is 1. The van der Waals surface area contributed by atoms with Crippen molar-refractivity contribution in [3.63, 3.8) is 0 Å². The van der Waals surface area contributed by atoms with E-state index in [0.29, 0.717) is 6.04 Å². The molecule has 0 aromatic carbocycles. The maximum atomic E-state index is 4.33. The summed E-state index contributed by atoms with van der Waals surface area (Å²) in [5.74, 6) is 0. The molecule has 0 spiro atoms. The summed E-state index contributed by atoms with van der Waals surface area (Å²) in [7, 11) is 0. The molecule has 1 N–H and O–H groups in total. The minimum atomic E-state index is 0.618. The van der Waals surface area contributed by atoms with Crippen molar-refractivity contribution < 1.29 is 0 Å². The van der Waals surface area contributed by atoms with E-state index in [1.165, 1.54) is 57.1 Å². The molecule has 0 unspecified atom stereocenters. The zero-order chi connectivity index (χ0) is 13.9. The van der Waals surface area contributed by atoms with Crippen LogP contribution in [0.25, 0.3) is 0 Å². The van der Waals surface area contributed by atoms with Gasteiger partial charge in [-0.3, -0.25) is 4.68 Å². The van der Waals surface area contributed by atoms with Crippen molar-refractivity contribution >= 4 is 5.69 Å². The molecule has 1 aromatic rings. The van der Waals surface area contributed by atoms with Gasteiger partial charge in [-0.1, -0.05) is 52.4 Å². The zero-order valence-electron chi connectivity index (χ0n) is 13.0. The molecule has 0 amide bonds. The van der Waals surface area contributed by atoms with Gasteiger partial charge in [0.25, 0.3) is 0 Å². The molecule has 1 heterocycles. The topological polar surface area (TPSA) is 29.9 Å². The van der Waals surface area contributed by atoms with E-state index >= 15 is 0 Å². The summed E-state index contributed by atoms with van der Waals surface area (Å²) < 4.78 is 1.98. The van der Waals surface area contributed by atoms with Crippen LogP contribution in [0.3, 0.4) is 0 Å². The Balaban J connectivity index is 2.41. The van der Waals surface area contributed by atoms with Gasteiger partial charge in [0, 0.05) is 18.8 Å². The molecular formula is C16H31N3. The lowest BCUT2D eigenvalue weighted by atomic mass is 10.0. The van der Waals surface area contributed by atoms with E-state index in [4.69, 9.17) is 0 Å². The molecule has 0 saturated heterocycles. The molecule has 0 fully saturated rings. The maximum Gasteiger partial charge on any atom is 0.0728 e. The van der Waals surface area contributed by atoms with Crippen LogP contribution in [0.5, 0.6) is 0 Å². The number of rotatable bonds is 11. The summed E-state index contributed by atoms with van der Waals surface area (Å²) in [5.41, 5.74) is 1.18. The van der Waals surface area contributed by atoms with E-state index in [0.717, 1.165) is 6.54 Å². The third kappa shape index (κ3) is 6.65. The Morgan fingerprint density at radius 1 is 1.05 bits per heavy atom. The number of hydrogen-bond donors (Lipinski definition) is 1. The average molecular weight is 265 g/mol. The first-order valence-corrected chi connectivity index (χ1v) is 8.09. The molecular weight excluding hydrogens is 234 g/mol. The van der Waals surface area contributed by atoms with Gasteiger partial charge in [-0.2, -0.15) is 5.10 Å². The van der Waals surface area contributed by atoms with Gasteiger partial charge >= 0.3 is 0 Å².